The van der Waals surface area contributed by atoms with E-state index in [1.807, 2.05) is 0 Å². The van der Waals surface area contributed by atoms with E-state index in [1.165, 1.54) is 7.11 Å². The number of aromatic nitrogens is 3. The summed E-state index contributed by atoms with van der Waals surface area (Å²) in [6, 6.07) is 3.01. The lowest BCUT2D eigenvalue weighted by atomic mass is 9.76. The number of aliphatic hydroxyl groups is 1. The zero-order chi connectivity index (χ0) is 18.2. The molecule has 0 spiro atoms. The highest BCUT2D eigenvalue weighted by molar-refractivity contribution is 7.89. The van der Waals surface area contributed by atoms with E-state index in [0.717, 1.165) is 5.56 Å². The zero-order valence-corrected chi connectivity index (χ0v) is 15.2. The SMILES string of the molecule is COc1ccc(C(NS(=O)(=O)c2c(C)n[nH]c2C)C2CC(O)C2)cn1. The minimum absolute atomic E-state index is 0.00693. The average molecular weight is 366 g/mol. The Morgan fingerprint density at radius 1 is 1.36 bits per heavy atom. The molecule has 1 unspecified atom stereocenters. The number of nitrogens with one attached hydrogen (secondary N) is 2. The zero-order valence-electron chi connectivity index (χ0n) is 14.4. The van der Waals surface area contributed by atoms with Crippen LogP contribution in [0.4, 0.5) is 0 Å². The quantitative estimate of drug-likeness (QED) is 0.708. The first-order chi connectivity index (χ1) is 11.8. The molecule has 8 nitrogen and oxygen atoms in total. The van der Waals surface area contributed by atoms with Crippen molar-refractivity contribution in [3.63, 3.8) is 0 Å². The molecule has 3 N–H and O–H groups in total. The monoisotopic (exact) mass is 366 g/mol. The molecule has 1 fully saturated rings. The van der Waals surface area contributed by atoms with E-state index in [2.05, 4.69) is 19.9 Å². The van der Waals surface area contributed by atoms with Gasteiger partial charge in [0, 0.05) is 12.3 Å². The van der Waals surface area contributed by atoms with E-state index in [1.54, 1.807) is 32.2 Å². The number of rotatable bonds is 6. The first-order valence-electron chi connectivity index (χ1n) is 8.03. The molecule has 1 aliphatic rings. The minimum Gasteiger partial charge on any atom is -0.481 e. The third-order valence-corrected chi connectivity index (χ3v) is 6.26. The van der Waals surface area contributed by atoms with Crippen molar-refractivity contribution in [3.8, 4) is 5.88 Å². The molecule has 9 heteroatoms. The number of aryl methyl sites for hydroxylation is 2. The highest BCUT2D eigenvalue weighted by Crippen LogP contribution is 2.39. The number of pyridine rings is 1. The molecule has 25 heavy (non-hydrogen) atoms. The van der Waals surface area contributed by atoms with Crippen LogP contribution in [0.5, 0.6) is 5.88 Å². The number of aromatic amines is 1. The molecule has 1 atom stereocenters. The Hall–Kier alpha value is -1.97. The molecule has 0 aromatic carbocycles. The average Bonchev–Trinajstić information content (AvgIpc) is 2.89. The molecule has 136 valence electrons. The van der Waals surface area contributed by atoms with Crippen molar-refractivity contribution in [2.24, 2.45) is 5.92 Å². The number of H-pyrrole nitrogens is 1. The van der Waals surface area contributed by atoms with Crippen molar-refractivity contribution in [3.05, 3.63) is 35.3 Å². The number of methoxy groups -OCH3 is 1. The van der Waals surface area contributed by atoms with Crippen LogP contribution in [0, 0.1) is 19.8 Å². The summed E-state index contributed by atoms with van der Waals surface area (Å²) < 4.78 is 33.6. The van der Waals surface area contributed by atoms with E-state index in [9.17, 15) is 13.5 Å². The normalized spacial score (nSPS) is 21.6. The highest BCUT2D eigenvalue weighted by Gasteiger charge is 2.38. The van der Waals surface area contributed by atoms with Gasteiger partial charge in [-0.15, -0.1) is 0 Å². The van der Waals surface area contributed by atoms with Gasteiger partial charge < -0.3 is 9.84 Å². The first kappa shape index (κ1) is 17.8. The highest BCUT2D eigenvalue weighted by atomic mass is 32.2. The van der Waals surface area contributed by atoms with Gasteiger partial charge in [0.1, 0.15) is 4.90 Å². The number of aliphatic hydroxyl groups excluding tert-OH is 1. The molecule has 0 saturated heterocycles. The standard InChI is InChI=1S/C16H22N4O4S/c1-9-16(10(2)19-18-9)25(22,23)20-15(12-6-13(21)7-12)11-4-5-14(24-3)17-8-11/h4-5,8,12-13,15,20-21H,6-7H2,1-3H3,(H,18,19). The van der Waals surface area contributed by atoms with Gasteiger partial charge in [0.15, 0.2) is 0 Å². The maximum atomic E-state index is 12.9. The lowest BCUT2D eigenvalue weighted by Crippen LogP contribution is -2.41. The topological polar surface area (TPSA) is 117 Å². The summed E-state index contributed by atoms with van der Waals surface area (Å²) in [4.78, 5) is 4.33. The van der Waals surface area contributed by atoms with Crippen LogP contribution in [0.2, 0.25) is 0 Å². The molecular formula is C16H22N4O4S. The van der Waals surface area contributed by atoms with Gasteiger partial charge >= 0.3 is 0 Å². The Bertz CT molecular complexity index is 822. The van der Waals surface area contributed by atoms with Crippen LogP contribution >= 0.6 is 0 Å². The first-order valence-corrected chi connectivity index (χ1v) is 9.52. The molecule has 2 aromatic rings. The van der Waals surface area contributed by atoms with Gasteiger partial charge in [-0.1, -0.05) is 6.07 Å². The van der Waals surface area contributed by atoms with E-state index in [-0.39, 0.29) is 16.9 Å². The molecule has 2 aromatic heterocycles. The van der Waals surface area contributed by atoms with Crippen LogP contribution in [0.15, 0.2) is 23.2 Å². The number of ether oxygens (including phenoxy) is 1. The summed E-state index contributed by atoms with van der Waals surface area (Å²) in [6.07, 6.45) is 2.30. The van der Waals surface area contributed by atoms with Crippen LogP contribution in [0.25, 0.3) is 0 Å². The van der Waals surface area contributed by atoms with E-state index in [4.69, 9.17) is 4.74 Å². The molecule has 1 aliphatic carbocycles. The van der Waals surface area contributed by atoms with E-state index >= 15 is 0 Å². The lowest BCUT2D eigenvalue weighted by Gasteiger charge is -2.38. The van der Waals surface area contributed by atoms with E-state index < -0.39 is 16.1 Å². The Labute approximate surface area is 146 Å². The smallest absolute Gasteiger partial charge is 0.244 e. The van der Waals surface area contributed by atoms with Crippen molar-refractivity contribution in [2.45, 2.75) is 43.7 Å². The van der Waals surface area contributed by atoms with Crippen LogP contribution in [0.1, 0.15) is 35.8 Å². The number of sulfonamides is 1. The molecule has 0 radical (unpaired) electrons. The largest absolute Gasteiger partial charge is 0.481 e. The number of hydrogen-bond donors (Lipinski definition) is 3. The van der Waals surface area contributed by atoms with Gasteiger partial charge in [-0.3, -0.25) is 5.10 Å². The molecule has 1 saturated carbocycles. The second-order valence-corrected chi connectivity index (χ2v) is 8.03. The number of nitrogens with zero attached hydrogens (tertiary/aromatic N) is 2. The molecule has 2 heterocycles. The summed E-state index contributed by atoms with van der Waals surface area (Å²) in [5.74, 6) is 0.466. The summed E-state index contributed by atoms with van der Waals surface area (Å²) in [7, 11) is -2.24. The van der Waals surface area contributed by atoms with Crippen molar-refractivity contribution in [2.75, 3.05) is 7.11 Å². The fraction of sp³-hybridized carbons (Fsp3) is 0.500. The summed E-state index contributed by atoms with van der Waals surface area (Å²) in [6.45, 7) is 3.32. The van der Waals surface area contributed by atoms with Gasteiger partial charge in [0.25, 0.3) is 0 Å². The van der Waals surface area contributed by atoms with Crippen LogP contribution < -0.4 is 9.46 Å². The predicted octanol–water partition coefficient (Wildman–Crippen LogP) is 1.22. The third-order valence-electron chi connectivity index (χ3n) is 4.56. The number of hydrogen-bond acceptors (Lipinski definition) is 6. The van der Waals surface area contributed by atoms with Crippen LogP contribution in [-0.2, 0) is 10.0 Å². The molecule has 3 rings (SSSR count). The maximum absolute atomic E-state index is 12.9. The van der Waals surface area contributed by atoms with Gasteiger partial charge in [0.2, 0.25) is 15.9 Å². The third kappa shape index (κ3) is 3.53. The van der Waals surface area contributed by atoms with E-state index in [0.29, 0.717) is 30.1 Å². The lowest BCUT2D eigenvalue weighted by molar-refractivity contribution is 0.0279. The Balaban J connectivity index is 1.92. The van der Waals surface area contributed by atoms with Crippen LogP contribution in [0.3, 0.4) is 0 Å². The van der Waals surface area contributed by atoms with Crippen LogP contribution in [-0.4, -0.2) is 41.9 Å². The fourth-order valence-electron chi connectivity index (χ4n) is 3.20. The molecule has 0 bridgehead atoms. The van der Waals surface area contributed by atoms with Crippen molar-refractivity contribution < 1.29 is 18.3 Å². The Morgan fingerprint density at radius 2 is 2.08 bits per heavy atom. The Kier molecular flexibility index (Phi) is 4.81. The predicted molar refractivity (Wildman–Crippen MR) is 90.6 cm³/mol. The Morgan fingerprint density at radius 3 is 2.56 bits per heavy atom. The summed E-state index contributed by atoms with van der Waals surface area (Å²) >= 11 is 0. The molecular weight excluding hydrogens is 344 g/mol. The molecule has 0 aliphatic heterocycles. The second-order valence-electron chi connectivity index (χ2n) is 6.38. The van der Waals surface area contributed by atoms with Gasteiger partial charge in [0.05, 0.1) is 30.6 Å². The second kappa shape index (κ2) is 6.74. The summed E-state index contributed by atoms with van der Waals surface area (Å²) in [5, 5.41) is 16.3. The maximum Gasteiger partial charge on any atom is 0.244 e. The van der Waals surface area contributed by atoms with Crippen molar-refractivity contribution in [1.82, 2.24) is 19.9 Å². The minimum atomic E-state index is -3.76. The van der Waals surface area contributed by atoms with Gasteiger partial charge in [-0.2, -0.15) is 5.10 Å². The van der Waals surface area contributed by atoms with Crippen molar-refractivity contribution in [1.29, 1.82) is 0 Å². The molecule has 0 amide bonds. The summed E-state index contributed by atoms with van der Waals surface area (Å²) in [5.41, 5.74) is 1.65. The van der Waals surface area contributed by atoms with Gasteiger partial charge in [-0.25, -0.2) is 18.1 Å². The van der Waals surface area contributed by atoms with Crippen molar-refractivity contribution >= 4 is 10.0 Å². The van der Waals surface area contributed by atoms with Gasteiger partial charge in [-0.05, 0) is 38.2 Å². The fourth-order valence-corrected chi connectivity index (χ4v) is 4.86.